The predicted molar refractivity (Wildman–Crippen MR) is 63.3 cm³/mol. The molecule has 1 unspecified atom stereocenters. The third kappa shape index (κ3) is 1.42. The summed E-state index contributed by atoms with van der Waals surface area (Å²) in [5, 5.41) is 9.89. The van der Waals surface area contributed by atoms with Crippen molar-refractivity contribution in [2.24, 2.45) is 7.05 Å². The highest BCUT2D eigenvalue weighted by molar-refractivity contribution is 7.10. The van der Waals surface area contributed by atoms with Gasteiger partial charge in [-0.05, 0) is 23.4 Å². The van der Waals surface area contributed by atoms with E-state index in [0.717, 1.165) is 18.8 Å². The molecule has 2 aromatic heterocycles. The quantitative estimate of drug-likeness (QED) is 0.763. The maximum absolute atomic E-state index is 5.71. The van der Waals surface area contributed by atoms with Crippen LogP contribution in [0.4, 0.5) is 5.95 Å². The molecular weight excluding hydrogens is 222 g/mol. The summed E-state index contributed by atoms with van der Waals surface area (Å²) in [6, 6.07) is 2.24. The number of rotatable bonds is 1. The van der Waals surface area contributed by atoms with Crippen LogP contribution < -0.4 is 11.1 Å². The summed E-state index contributed by atoms with van der Waals surface area (Å²) in [7, 11) is 1.81. The molecular formula is C10H13N5S. The Hall–Kier alpha value is -1.40. The smallest absolute Gasteiger partial charge is 0.218 e. The van der Waals surface area contributed by atoms with Crippen LogP contribution in [-0.4, -0.2) is 21.3 Å². The van der Waals surface area contributed by atoms with Crippen LogP contribution in [0.3, 0.4) is 0 Å². The Kier molecular flexibility index (Phi) is 2.19. The van der Waals surface area contributed by atoms with Gasteiger partial charge in [-0.1, -0.05) is 0 Å². The molecule has 0 saturated carbocycles. The van der Waals surface area contributed by atoms with Crippen LogP contribution in [-0.2, 0) is 13.5 Å². The van der Waals surface area contributed by atoms with Crippen molar-refractivity contribution in [3.05, 3.63) is 27.7 Å². The van der Waals surface area contributed by atoms with Crippen LogP contribution >= 0.6 is 11.3 Å². The minimum absolute atomic E-state index is 0.0958. The van der Waals surface area contributed by atoms with Crippen molar-refractivity contribution in [3.8, 4) is 0 Å². The molecule has 0 radical (unpaired) electrons. The summed E-state index contributed by atoms with van der Waals surface area (Å²) in [4.78, 5) is 5.71. The summed E-state index contributed by atoms with van der Waals surface area (Å²) >= 11 is 1.80. The van der Waals surface area contributed by atoms with Crippen molar-refractivity contribution in [3.63, 3.8) is 0 Å². The van der Waals surface area contributed by atoms with Gasteiger partial charge >= 0.3 is 0 Å². The molecule has 1 aliphatic rings. The van der Waals surface area contributed by atoms with Gasteiger partial charge < -0.3 is 11.1 Å². The summed E-state index contributed by atoms with van der Waals surface area (Å²) in [5.41, 5.74) is 7.00. The largest absolute Gasteiger partial charge is 0.368 e. The SMILES string of the molecule is Cn1nc(C2NCCc3sccc32)nc1N. The highest BCUT2D eigenvalue weighted by atomic mass is 32.1. The zero-order valence-corrected chi connectivity index (χ0v) is 9.79. The fourth-order valence-electron chi connectivity index (χ4n) is 2.02. The number of nitrogens with one attached hydrogen (secondary N) is 1. The van der Waals surface area contributed by atoms with Gasteiger partial charge in [-0.25, -0.2) is 4.68 Å². The van der Waals surface area contributed by atoms with E-state index < -0.39 is 0 Å². The number of fused-ring (bicyclic) bond motifs is 1. The van der Waals surface area contributed by atoms with Gasteiger partial charge in [-0.15, -0.1) is 11.3 Å². The fourth-order valence-corrected chi connectivity index (χ4v) is 2.94. The van der Waals surface area contributed by atoms with Gasteiger partial charge in [-0.3, -0.25) is 0 Å². The van der Waals surface area contributed by atoms with E-state index in [0.29, 0.717) is 5.95 Å². The molecule has 2 aromatic rings. The summed E-state index contributed by atoms with van der Waals surface area (Å²) in [6.07, 6.45) is 1.09. The molecule has 5 nitrogen and oxygen atoms in total. The third-order valence-corrected chi connectivity index (χ3v) is 3.86. The van der Waals surface area contributed by atoms with E-state index >= 15 is 0 Å². The van der Waals surface area contributed by atoms with Crippen LogP contribution in [0.15, 0.2) is 11.4 Å². The highest BCUT2D eigenvalue weighted by Crippen LogP contribution is 2.30. The molecule has 0 amide bonds. The number of hydrogen-bond acceptors (Lipinski definition) is 5. The molecule has 3 heterocycles. The topological polar surface area (TPSA) is 68.8 Å². The number of nitrogen functional groups attached to an aromatic ring is 1. The molecule has 0 fully saturated rings. The Morgan fingerprint density at radius 1 is 1.62 bits per heavy atom. The highest BCUT2D eigenvalue weighted by Gasteiger charge is 2.25. The molecule has 1 atom stereocenters. The number of anilines is 1. The summed E-state index contributed by atoms with van der Waals surface area (Å²) in [5.74, 6) is 1.22. The second kappa shape index (κ2) is 3.57. The lowest BCUT2D eigenvalue weighted by molar-refractivity contribution is 0.545. The van der Waals surface area contributed by atoms with E-state index in [1.807, 2.05) is 7.05 Å². The monoisotopic (exact) mass is 235 g/mol. The first-order chi connectivity index (χ1) is 7.75. The lowest BCUT2D eigenvalue weighted by atomic mass is 10.0. The number of hydrogen-bond donors (Lipinski definition) is 2. The molecule has 0 saturated heterocycles. The van der Waals surface area contributed by atoms with Gasteiger partial charge in [0.15, 0.2) is 5.82 Å². The maximum Gasteiger partial charge on any atom is 0.218 e. The Balaban J connectivity index is 2.03. The molecule has 0 bridgehead atoms. The van der Waals surface area contributed by atoms with Crippen LogP contribution in [0.25, 0.3) is 0 Å². The standard InChI is InChI=1S/C10H13N5S/c1-15-10(11)13-9(14-15)8-6-3-5-16-7(6)2-4-12-8/h3,5,8,12H,2,4H2,1H3,(H2,11,13,14). The number of aryl methyl sites for hydroxylation is 1. The molecule has 1 aliphatic heterocycles. The first-order valence-electron chi connectivity index (χ1n) is 5.22. The number of aromatic nitrogens is 3. The lowest BCUT2D eigenvalue weighted by Gasteiger charge is -2.21. The Morgan fingerprint density at radius 2 is 2.50 bits per heavy atom. The minimum atomic E-state index is 0.0958. The van der Waals surface area contributed by atoms with Crippen LogP contribution in [0.5, 0.6) is 0 Å². The second-order valence-electron chi connectivity index (χ2n) is 3.89. The Labute approximate surface area is 97.3 Å². The van der Waals surface area contributed by atoms with Gasteiger partial charge in [0.05, 0.1) is 6.04 Å². The van der Waals surface area contributed by atoms with Gasteiger partial charge in [0, 0.05) is 18.5 Å². The molecule has 0 aliphatic carbocycles. The first kappa shape index (κ1) is 9.80. The molecule has 3 rings (SSSR count). The molecule has 0 spiro atoms. The number of nitrogens with zero attached hydrogens (tertiary/aromatic N) is 3. The fraction of sp³-hybridized carbons (Fsp3) is 0.400. The van der Waals surface area contributed by atoms with Gasteiger partial charge in [-0.2, -0.15) is 10.1 Å². The van der Waals surface area contributed by atoms with Crippen molar-refractivity contribution in [1.29, 1.82) is 0 Å². The molecule has 6 heteroatoms. The molecule has 16 heavy (non-hydrogen) atoms. The van der Waals surface area contributed by atoms with E-state index in [4.69, 9.17) is 5.73 Å². The Bertz CT molecular complexity index is 496. The average molecular weight is 235 g/mol. The van der Waals surface area contributed by atoms with Crippen LogP contribution in [0, 0.1) is 0 Å². The van der Waals surface area contributed by atoms with Crippen LogP contribution in [0.2, 0.25) is 0 Å². The van der Waals surface area contributed by atoms with Crippen LogP contribution in [0.1, 0.15) is 22.3 Å². The summed E-state index contributed by atoms with van der Waals surface area (Å²) < 4.78 is 1.61. The van der Waals surface area contributed by atoms with Gasteiger partial charge in [0.2, 0.25) is 5.95 Å². The van der Waals surface area contributed by atoms with Gasteiger partial charge in [0.25, 0.3) is 0 Å². The van der Waals surface area contributed by atoms with Crippen molar-refractivity contribution >= 4 is 17.3 Å². The van der Waals surface area contributed by atoms with E-state index in [-0.39, 0.29) is 6.04 Å². The van der Waals surface area contributed by atoms with Crippen molar-refractivity contribution in [2.75, 3.05) is 12.3 Å². The molecule has 3 N–H and O–H groups in total. The van der Waals surface area contributed by atoms with Crippen molar-refractivity contribution < 1.29 is 0 Å². The zero-order chi connectivity index (χ0) is 11.1. The summed E-state index contributed by atoms with van der Waals surface area (Å²) in [6.45, 7) is 0.969. The van der Waals surface area contributed by atoms with Crippen molar-refractivity contribution in [1.82, 2.24) is 20.1 Å². The van der Waals surface area contributed by atoms with E-state index in [9.17, 15) is 0 Å². The van der Waals surface area contributed by atoms with E-state index in [1.54, 1.807) is 16.0 Å². The normalized spacial score (nSPS) is 19.7. The minimum Gasteiger partial charge on any atom is -0.368 e. The molecule has 0 aromatic carbocycles. The van der Waals surface area contributed by atoms with E-state index in [2.05, 4.69) is 26.8 Å². The third-order valence-electron chi connectivity index (χ3n) is 2.86. The number of nitrogens with two attached hydrogens (primary N) is 1. The Morgan fingerprint density at radius 3 is 3.25 bits per heavy atom. The first-order valence-corrected chi connectivity index (χ1v) is 6.09. The second-order valence-corrected chi connectivity index (χ2v) is 4.89. The average Bonchev–Trinajstić information content (AvgIpc) is 2.85. The van der Waals surface area contributed by atoms with Gasteiger partial charge in [0.1, 0.15) is 0 Å². The van der Waals surface area contributed by atoms with Crippen molar-refractivity contribution in [2.45, 2.75) is 12.5 Å². The molecule has 84 valence electrons. The van der Waals surface area contributed by atoms with E-state index in [1.165, 1.54) is 10.4 Å². The maximum atomic E-state index is 5.71. The zero-order valence-electron chi connectivity index (χ0n) is 8.97. The lowest BCUT2D eigenvalue weighted by Crippen LogP contribution is -2.30. The number of thiophene rings is 1. The predicted octanol–water partition coefficient (Wildman–Crippen LogP) is 0.694.